The van der Waals surface area contributed by atoms with Crippen LogP contribution in [0, 0.1) is 17.8 Å². The molecule has 2 aliphatic rings. The Hall–Kier alpha value is -0.240. The van der Waals surface area contributed by atoms with Crippen LogP contribution in [0.5, 0.6) is 0 Å². The number of rotatable bonds is 6. The predicted octanol–water partition coefficient (Wildman–Crippen LogP) is 4.46. The van der Waals surface area contributed by atoms with Crippen LogP contribution in [0.25, 0.3) is 0 Å². The van der Waals surface area contributed by atoms with E-state index < -0.39 is 0 Å². The molecule has 0 N–H and O–H groups in total. The molecule has 0 aromatic rings. The van der Waals surface area contributed by atoms with Gasteiger partial charge in [0.1, 0.15) is 0 Å². The molecule has 0 aromatic heterocycles. The van der Waals surface area contributed by atoms with E-state index in [-0.39, 0.29) is 5.92 Å². The highest BCUT2D eigenvalue weighted by Crippen LogP contribution is 2.43. The van der Waals surface area contributed by atoms with E-state index >= 15 is 0 Å². The summed E-state index contributed by atoms with van der Waals surface area (Å²) in [5.74, 6) is 2.99. The van der Waals surface area contributed by atoms with Crippen molar-refractivity contribution >= 4 is 17.5 Å². The zero-order valence-electron chi connectivity index (χ0n) is 13.0. The number of carbonyl (C=O) groups is 1. The third-order valence-corrected chi connectivity index (χ3v) is 5.51. The first-order valence-corrected chi connectivity index (χ1v) is 9.14. The maximum atomic E-state index is 12.7. The lowest BCUT2D eigenvalue weighted by Gasteiger charge is -2.40. The molecular weight excluding hydrogens is 270 g/mol. The summed E-state index contributed by atoms with van der Waals surface area (Å²) in [6.07, 6.45) is 11.3. The largest absolute Gasteiger partial charge is 0.341 e. The fourth-order valence-electron chi connectivity index (χ4n) is 4.14. The van der Waals surface area contributed by atoms with E-state index in [2.05, 4.69) is 6.92 Å². The average Bonchev–Trinajstić information content (AvgIpc) is 2.50. The van der Waals surface area contributed by atoms with Gasteiger partial charge in [0.25, 0.3) is 0 Å². The van der Waals surface area contributed by atoms with Crippen LogP contribution < -0.4 is 0 Å². The van der Waals surface area contributed by atoms with Crippen LogP contribution in [0.4, 0.5) is 0 Å². The van der Waals surface area contributed by atoms with Gasteiger partial charge >= 0.3 is 0 Å². The van der Waals surface area contributed by atoms with Crippen LogP contribution in [0.1, 0.15) is 64.7 Å². The molecule has 2 rings (SSSR count). The average molecular weight is 300 g/mol. The molecule has 0 heterocycles. The van der Waals surface area contributed by atoms with Crippen LogP contribution in [-0.4, -0.2) is 29.8 Å². The van der Waals surface area contributed by atoms with E-state index in [1.165, 1.54) is 32.1 Å². The van der Waals surface area contributed by atoms with E-state index in [4.69, 9.17) is 11.6 Å². The molecule has 0 aromatic carbocycles. The number of hydrogen-bond donors (Lipinski definition) is 0. The summed E-state index contributed by atoms with van der Waals surface area (Å²) >= 11 is 5.88. The number of amides is 1. The Balaban J connectivity index is 1.89. The smallest absolute Gasteiger partial charge is 0.225 e. The van der Waals surface area contributed by atoms with Crippen molar-refractivity contribution < 1.29 is 4.79 Å². The van der Waals surface area contributed by atoms with Crippen LogP contribution in [0.3, 0.4) is 0 Å². The highest BCUT2D eigenvalue weighted by molar-refractivity contribution is 6.18. The van der Waals surface area contributed by atoms with Gasteiger partial charge in [0.15, 0.2) is 0 Å². The van der Waals surface area contributed by atoms with Gasteiger partial charge in [-0.15, -0.1) is 11.6 Å². The summed E-state index contributed by atoms with van der Waals surface area (Å²) in [6.45, 7) is 3.80. The summed E-state index contributed by atoms with van der Waals surface area (Å²) in [6, 6.07) is 0. The minimum atomic E-state index is 0.287. The standard InChI is InChI=1S/C17H30ClNO/c1-2-3-11-19(12-10-18)17(20)16-9-8-14-6-4-5-7-15(14)13-16/h14-16H,2-13H2,1H3. The molecule has 0 spiro atoms. The van der Waals surface area contributed by atoms with Crippen molar-refractivity contribution in [2.45, 2.75) is 64.7 Å². The number of nitrogens with zero attached hydrogens (tertiary/aromatic N) is 1. The first-order valence-electron chi connectivity index (χ1n) is 8.61. The van der Waals surface area contributed by atoms with Gasteiger partial charge in [-0.2, -0.15) is 0 Å². The molecule has 20 heavy (non-hydrogen) atoms. The molecule has 0 bridgehead atoms. The fraction of sp³-hybridized carbons (Fsp3) is 0.941. The monoisotopic (exact) mass is 299 g/mol. The topological polar surface area (TPSA) is 20.3 Å². The maximum Gasteiger partial charge on any atom is 0.225 e. The Morgan fingerprint density at radius 1 is 1.10 bits per heavy atom. The zero-order chi connectivity index (χ0) is 14.4. The number of carbonyl (C=O) groups excluding carboxylic acids is 1. The molecule has 116 valence electrons. The Morgan fingerprint density at radius 3 is 2.55 bits per heavy atom. The molecule has 3 heteroatoms. The second-order valence-electron chi connectivity index (χ2n) is 6.68. The van der Waals surface area contributed by atoms with Gasteiger partial charge in [-0.25, -0.2) is 0 Å². The molecule has 0 saturated heterocycles. The first kappa shape index (κ1) is 16.1. The van der Waals surface area contributed by atoms with Crippen molar-refractivity contribution in [2.24, 2.45) is 17.8 Å². The third-order valence-electron chi connectivity index (χ3n) is 5.34. The van der Waals surface area contributed by atoms with Crippen molar-refractivity contribution in [3.8, 4) is 0 Å². The summed E-state index contributed by atoms with van der Waals surface area (Å²) in [5.41, 5.74) is 0. The number of fused-ring (bicyclic) bond motifs is 1. The Labute approximate surface area is 129 Å². The highest BCUT2D eigenvalue weighted by atomic mass is 35.5. The Kier molecular flexibility index (Phi) is 6.67. The Bertz CT molecular complexity index is 307. The van der Waals surface area contributed by atoms with E-state index in [0.29, 0.717) is 11.8 Å². The molecule has 2 fully saturated rings. The summed E-state index contributed by atoms with van der Waals surface area (Å²) in [4.78, 5) is 14.8. The molecule has 2 saturated carbocycles. The van der Waals surface area contributed by atoms with Gasteiger partial charge in [-0.3, -0.25) is 4.79 Å². The van der Waals surface area contributed by atoms with Crippen molar-refractivity contribution in [3.05, 3.63) is 0 Å². The van der Waals surface area contributed by atoms with Gasteiger partial charge in [0, 0.05) is 24.9 Å². The fourth-order valence-corrected chi connectivity index (χ4v) is 4.34. The maximum absolute atomic E-state index is 12.7. The molecule has 2 nitrogen and oxygen atoms in total. The van der Waals surface area contributed by atoms with Crippen LogP contribution in [-0.2, 0) is 4.79 Å². The van der Waals surface area contributed by atoms with Crippen molar-refractivity contribution in [1.82, 2.24) is 4.90 Å². The second kappa shape index (κ2) is 8.26. The third kappa shape index (κ3) is 4.13. The minimum absolute atomic E-state index is 0.287. The number of unbranched alkanes of at least 4 members (excludes halogenated alkanes) is 1. The lowest BCUT2D eigenvalue weighted by molar-refractivity contribution is -0.137. The SMILES string of the molecule is CCCCN(CCCl)C(=O)C1CCC2CCCCC2C1. The minimum Gasteiger partial charge on any atom is -0.341 e. The van der Waals surface area contributed by atoms with Crippen molar-refractivity contribution in [3.63, 3.8) is 0 Å². The lowest BCUT2D eigenvalue weighted by atomic mass is 9.67. The predicted molar refractivity (Wildman–Crippen MR) is 85.0 cm³/mol. The molecule has 3 unspecified atom stereocenters. The second-order valence-corrected chi connectivity index (χ2v) is 7.06. The number of alkyl halides is 1. The molecule has 0 radical (unpaired) electrons. The molecule has 0 aliphatic heterocycles. The summed E-state index contributed by atoms with van der Waals surface area (Å²) < 4.78 is 0. The van der Waals surface area contributed by atoms with E-state index in [1.54, 1.807) is 0 Å². The molecule has 2 aliphatic carbocycles. The highest BCUT2D eigenvalue weighted by Gasteiger charge is 2.36. The lowest BCUT2D eigenvalue weighted by Crippen LogP contribution is -2.41. The van der Waals surface area contributed by atoms with Crippen LogP contribution >= 0.6 is 11.6 Å². The van der Waals surface area contributed by atoms with Gasteiger partial charge in [-0.1, -0.05) is 39.0 Å². The van der Waals surface area contributed by atoms with E-state index in [0.717, 1.165) is 50.6 Å². The molecule has 3 atom stereocenters. The van der Waals surface area contributed by atoms with Gasteiger partial charge < -0.3 is 4.90 Å². The van der Waals surface area contributed by atoms with E-state index in [9.17, 15) is 4.79 Å². The van der Waals surface area contributed by atoms with Gasteiger partial charge in [0.05, 0.1) is 0 Å². The van der Waals surface area contributed by atoms with Gasteiger partial charge in [0.2, 0.25) is 5.91 Å². The van der Waals surface area contributed by atoms with Gasteiger partial charge in [-0.05, 0) is 37.5 Å². The summed E-state index contributed by atoms with van der Waals surface area (Å²) in [5, 5.41) is 0. The number of hydrogen-bond acceptors (Lipinski definition) is 1. The quantitative estimate of drug-likeness (QED) is 0.663. The molecular formula is C17H30ClNO. The zero-order valence-corrected chi connectivity index (χ0v) is 13.7. The normalized spacial score (nSPS) is 29.8. The first-order chi connectivity index (χ1) is 9.76. The van der Waals surface area contributed by atoms with Crippen LogP contribution in [0.15, 0.2) is 0 Å². The van der Waals surface area contributed by atoms with E-state index in [1.807, 2.05) is 4.90 Å². The number of halogens is 1. The molecule has 1 amide bonds. The van der Waals surface area contributed by atoms with Crippen molar-refractivity contribution in [1.29, 1.82) is 0 Å². The van der Waals surface area contributed by atoms with Crippen LogP contribution in [0.2, 0.25) is 0 Å². The Morgan fingerprint density at radius 2 is 1.85 bits per heavy atom. The van der Waals surface area contributed by atoms with Crippen molar-refractivity contribution in [2.75, 3.05) is 19.0 Å². The summed E-state index contributed by atoms with van der Waals surface area (Å²) in [7, 11) is 0.